The summed E-state index contributed by atoms with van der Waals surface area (Å²) >= 11 is 0. The van der Waals surface area contributed by atoms with E-state index in [9.17, 15) is 19.5 Å². The van der Waals surface area contributed by atoms with Gasteiger partial charge in [0, 0.05) is 12.8 Å². The van der Waals surface area contributed by atoms with Gasteiger partial charge >= 0.3 is 11.9 Å². The van der Waals surface area contributed by atoms with Gasteiger partial charge in [0.1, 0.15) is 13.2 Å². The normalized spacial score (nSPS) is 12.6. The fourth-order valence-corrected chi connectivity index (χ4v) is 11.7. The lowest BCUT2D eigenvalue weighted by Gasteiger charge is -2.26. The van der Waals surface area contributed by atoms with Crippen molar-refractivity contribution in [1.82, 2.24) is 0 Å². The molecule has 0 fully saturated rings. The summed E-state index contributed by atoms with van der Waals surface area (Å²) in [6, 6.07) is 0. The third-order valence-corrected chi connectivity index (χ3v) is 17.5. The number of ether oxygens (including phenoxy) is 4. The summed E-state index contributed by atoms with van der Waals surface area (Å²) in [6.45, 7) is 4.84. The van der Waals surface area contributed by atoms with E-state index >= 15 is 0 Å². The topological polar surface area (TPSA) is 111 Å². The Morgan fingerprint density at radius 2 is 0.600 bits per heavy atom. The summed E-state index contributed by atoms with van der Waals surface area (Å²) in [4.78, 5) is 37.5. The lowest BCUT2D eigenvalue weighted by molar-refractivity contribution is -0.870. The van der Waals surface area contributed by atoms with Crippen molar-refractivity contribution in [3.8, 4) is 0 Å². The molecule has 9 nitrogen and oxygen atoms in total. The maximum Gasteiger partial charge on any atom is 0.306 e. The van der Waals surface area contributed by atoms with Crippen LogP contribution in [0, 0.1) is 0 Å². The molecule has 0 rings (SSSR count). The molecule has 0 saturated carbocycles. The Hall–Kier alpha value is -1.97. The number of nitrogens with zero attached hydrogens (tertiary/aromatic N) is 1. The van der Waals surface area contributed by atoms with Crippen LogP contribution >= 0.6 is 0 Å². The minimum atomic E-state index is -1.62. The molecule has 0 saturated heterocycles. The molecule has 0 spiro atoms. The summed E-state index contributed by atoms with van der Waals surface area (Å²) in [5.41, 5.74) is 0. The minimum absolute atomic E-state index is 0.153. The SMILES string of the molecule is CCCCCCCCCC/C=C\CCCCCCCCCCCCCCCCCCCCCCCCCCCCCC(=O)OC(COC(=O)CCCCCCCCCCCCCCCCCCCCCCC)COC(OCC[N+](C)(C)C)C(=O)[O-]. The number of quaternary nitrogens is 1. The van der Waals surface area contributed by atoms with E-state index in [0.29, 0.717) is 17.4 Å². The first-order chi connectivity index (χ1) is 41.6. The van der Waals surface area contributed by atoms with Crippen LogP contribution in [0.2, 0.25) is 0 Å². The fourth-order valence-electron chi connectivity index (χ4n) is 11.7. The van der Waals surface area contributed by atoms with E-state index in [1.807, 2.05) is 21.1 Å². The molecule has 0 aromatic heterocycles. The van der Waals surface area contributed by atoms with Crippen molar-refractivity contribution in [1.29, 1.82) is 0 Å². The van der Waals surface area contributed by atoms with Gasteiger partial charge in [0.2, 0.25) is 0 Å². The fraction of sp³-hybridized carbons (Fsp3) is 0.934. The highest BCUT2D eigenvalue weighted by molar-refractivity contribution is 5.70. The van der Waals surface area contributed by atoms with E-state index in [2.05, 4.69) is 26.0 Å². The summed E-state index contributed by atoms with van der Waals surface area (Å²) in [5, 5.41) is 11.8. The molecule has 2 atom stereocenters. The number of carbonyl (C=O) groups excluding carboxylic acids is 3. The Balaban J connectivity index is 3.93. The lowest BCUT2D eigenvalue weighted by atomic mass is 10.0. The second-order valence-corrected chi connectivity index (χ2v) is 27.3. The minimum Gasteiger partial charge on any atom is -0.545 e. The first-order valence-corrected chi connectivity index (χ1v) is 37.8. The summed E-state index contributed by atoms with van der Waals surface area (Å²) in [5.74, 6) is -2.24. The standard InChI is InChI=1S/C76H147NO8/c1-6-8-10-12-14-16-18-20-22-24-26-28-29-30-31-32-33-34-35-36-37-38-39-40-41-42-43-44-45-47-49-51-53-55-57-59-61-63-65-67-74(79)85-72(71-84-76(75(80)81)82-69-68-77(3,4)5)70-83-73(78)66-64-62-60-58-56-54-52-50-48-46-27-25-23-21-19-17-15-13-11-9-7-2/h24,26,72,76H,6-23,25,27-71H2,1-5H3/b26-24-. The van der Waals surface area contributed by atoms with E-state index in [4.69, 9.17) is 18.9 Å². The molecule has 0 amide bonds. The molecule has 0 bridgehead atoms. The zero-order chi connectivity index (χ0) is 61.9. The van der Waals surface area contributed by atoms with Gasteiger partial charge in [-0.3, -0.25) is 9.59 Å². The molecule has 2 unspecified atom stereocenters. The first-order valence-electron chi connectivity index (χ1n) is 37.8. The van der Waals surface area contributed by atoms with Crippen molar-refractivity contribution >= 4 is 17.9 Å². The number of carboxylic acids is 1. The van der Waals surface area contributed by atoms with E-state index in [1.54, 1.807) is 0 Å². The Bertz CT molecular complexity index is 1400. The Labute approximate surface area is 529 Å². The largest absolute Gasteiger partial charge is 0.545 e. The predicted molar refractivity (Wildman–Crippen MR) is 362 cm³/mol. The van der Waals surface area contributed by atoms with Gasteiger partial charge in [0.05, 0.1) is 40.3 Å². The highest BCUT2D eigenvalue weighted by Crippen LogP contribution is 2.20. The van der Waals surface area contributed by atoms with Crippen LogP contribution < -0.4 is 5.11 Å². The molecule has 0 aliphatic carbocycles. The molecule has 0 aliphatic heterocycles. The van der Waals surface area contributed by atoms with Crippen molar-refractivity contribution in [2.75, 3.05) is 47.5 Å². The smallest absolute Gasteiger partial charge is 0.306 e. The molecule has 0 aliphatic rings. The Morgan fingerprint density at radius 3 is 0.871 bits per heavy atom. The lowest BCUT2D eigenvalue weighted by Crippen LogP contribution is -2.44. The zero-order valence-corrected chi connectivity index (χ0v) is 57.8. The van der Waals surface area contributed by atoms with E-state index < -0.39 is 24.3 Å². The highest BCUT2D eigenvalue weighted by atomic mass is 16.7. The van der Waals surface area contributed by atoms with Crippen LogP contribution in [-0.4, -0.2) is 82.3 Å². The van der Waals surface area contributed by atoms with Gasteiger partial charge in [0.15, 0.2) is 12.4 Å². The van der Waals surface area contributed by atoms with Gasteiger partial charge in [-0.1, -0.05) is 360 Å². The van der Waals surface area contributed by atoms with Crippen LogP contribution in [0.1, 0.15) is 399 Å². The van der Waals surface area contributed by atoms with Gasteiger partial charge in [-0.2, -0.15) is 0 Å². The zero-order valence-electron chi connectivity index (χ0n) is 57.8. The average molecular weight is 1200 g/mol. The quantitative estimate of drug-likeness (QED) is 0.0195. The highest BCUT2D eigenvalue weighted by Gasteiger charge is 2.22. The molecule has 0 aromatic carbocycles. The van der Waals surface area contributed by atoms with Crippen molar-refractivity contribution in [2.45, 2.75) is 411 Å². The van der Waals surface area contributed by atoms with Crippen molar-refractivity contribution in [3.05, 3.63) is 12.2 Å². The van der Waals surface area contributed by atoms with E-state index in [0.717, 1.165) is 38.5 Å². The van der Waals surface area contributed by atoms with Crippen LogP contribution in [-0.2, 0) is 33.3 Å². The number of likely N-dealkylation sites (N-methyl/N-ethyl adjacent to an activating group) is 1. The number of allylic oxidation sites excluding steroid dienone is 2. The number of carbonyl (C=O) groups is 3. The third-order valence-electron chi connectivity index (χ3n) is 17.5. The maximum atomic E-state index is 12.9. The number of carboxylic acid groups (broad SMARTS) is 1. The van der Waals surface area contributed by atoms with Gasteiger partial charge in [-0.15, -0.1) is 0 Å². The Kier molecular flexibility index (Phi) is 66.4. The number of rotatable bonds is 72. The number of hydrogen-bond donors (Lipinski definition) is 0. The molecule has 504 valence electrons. The number of aliphatic carboxylic acids is 1. The van der Waals surface area contributed by atoms with Crippen molar-refractivity contribution in [3.63, 3.8) is 0 Å². The maximum absolute atomic E-state index is 12.9. The van der Waals surface area contributed by atoms with Crippen LogP contribution in [0.15, 0.2) is 12.2 Å². The molecule has 85 heavy (non-hydrogen) atoms. The van der Waals surface area contributed by atoms with E-state index in [-0.39, 0.29) is 32.2 Å². The monoisotopic (exact) mass is 1200 g/mol. The average Bonchev–Trinajstić information content (AvgIpc) is 3.49. The van der Waals surface area contributed by atoms with E-state index in [1.165, 1.54) is 334 Å². The van der Waals surface area contributed by atoms with Gasteiger partial charge < -0.3 is 33.3 Å². The summed E-state index contributed by atoms with van der Waals surface area (Å²) in [7, 11) is 5.95. The van der Waals surface area contributed by atoms with Crippen LogP contribution in [0.3, 0.4) is 0 Å². The number of unbranched alkanes of at least 4 members (excludes halogenated alkanes) is 55. The summed E-state index contributed by atoms with van der Waals surface area (Å²) in [6.07, 6.45) is 80.5. The van der Waals surface area contributed by atoms with Gasteiger partial charge in [-0.05, 0) is 38.5 Å². The molecule has 9 heteroatoms. The third kappa shape index (κ3) is 69.4. The number of esters is 2. The van der Waals surface area contributed by atoms with Gasteiger partial charge in [0.25, 0.3) is 0 Å². The van der Waals surface area contributed by atoms with Crippen LogP contribution in [0.4, 0.5) is 0 Å². The molecule has 0 heterocycles. The molecular formula is C76H147NO8. The molecule has 0 radical (unpaired) electrons. The Morgan fingerprint density at radius 1 is 0.341 bits per heavy atom. The van der Waals surface area contributed by atoms with Crippen LogP contribution in [0.5, 0.6) is 0 Å². The van der Waals surface area contributed by atoms with Crippen molar-refractivity contribution < 1.29 is 42.9 Å². The number of hydrogen-bond acceptors (Lipinski definition) is 8. The van der Waals surface area contributed by atoms with Crippen LogP contribution in [0.25, 0.3) is 0 Å². The first kappa shape index (κ1) is 83.0. The molecular weight excluding hydrogens is 1050 g/mol. The second-order valence-electron chi connectivity index (χ2n) is 27.3. The molecule has 0 N–H and O–H groups in total. The van der Waals surface area contributed by atoms with Crippen molar-refractivity contribution in [2.24, 2.45) is 0 Å². The predicted octanol–water partition coefficient (Wildman–Crippen LogP) is 22.3. The van der Waals surface area contributed by atoms with Gasteiger partial charge in [-0.25, -0.2) is 0 Å². The molecule has 0 aromatic rings. The second kappa shape index (κ2) is 68.0. The summed E-state index contributed by atoms with van der Waals surface area (Å²) < 4.78 is 22.8.